The van der Waals surface area contributed by atoms with E-state index < -0.39 is 32.0 Å². The van der Waals surface area contributed by atoms with Crippen LogP contribution in [0.1, 0.15) is 43.0 Å². The van der Waals surface area contributed by atoms with E-state index in [1.165, 1.54) is 0 Å². The molecule has 13 heteroatoms. The topological polar surface area (TPSA) is 170 Å². The van der Waals surface area contributed by atoms with Crippen LogP contribution in [0.2, 0.25) is 0 Å². The summed E-state index contributed by atoms with van der Waals surface area (Å²) in [6.07, 6.45) is 2.30. The van der Waals surface area contributed by atoms with E-state index in [0.717, 1.165) is 44.1 Å². The Labute approximate surface area is 378 Å². The molecule has 0 aliphatic carbocycles. The van der Waals surface area contributed by atoms with Crippen LogP contribution in [-0.2, 0) is 45.7 Å². The van der Waals surface area contributed by atoms with Crippen LogP contribution < -0.4 is 14.3 Å². The van der Waals surface area contributed by atoms with Gasteiger partial charge in [-0.25, -0.2) is 26.4 Å². The molecule has 0 aliphatic rings. The van der Waals surface area contributed by atoms with Crippen molar-refractivity contribution >= 4 is 70.6 Å². The Morgan fingerprint density at radius 1 is 0.477 bits per heavy atom. The molecule has 0 aliphatic heterocycles. The smallest absolute Gasteiger partial charge is 0.335 e. The number of benzene rings is 8. The van der Waals surface area contributed by atoms with Crippen LogP contribution >= 0.6 is 0 Å². The highest BCUT2D eigenvalue weighted by Gasteiger charge is 2.21. The van der Waals surface area contributed by atoms with Crippen molar-refractivity contribution in [3.05, 3.63) is 209 Å². The number of carboxylic acid groups (broad SMARTS) is 2. The number of rotatable bonds is 15. The molecule has 8 rings (SSSR count). The molecule has 0 aromatic heterocycles. The molecule has 11 nitrogen and oxygen atoms in total. The van der Waals surface area contributed by atoms with E-state index in [2.05, 4.69) is 9.44 Å². The first-order valence-electron chi connectivity index (χ1n) is 20.7. The summed E-state index contributed by atoms with van der Waals surface area (Å²) in [7, 11) is -3.75. The van der Waals surface area contributed by atoms with E-state index in [4.69, 9.17) is 5.11 Å². The number of anilines is 3. The van der Waals surface area contributed by atoms with Gasteiger partial charge in [0.05, 0.1) is 32.3 Å². The number of fused-ring (bicyclic) bond motifs is 2. The van der Waals surface area contributed by atoms with Crippen LogP contribution in [0.4, 0.5) is 17.1 Å². The number of carboxylic acids is 2. The minimum absolute atomic E-state index is 0.204. The lowest BCUT2D eigenvalue weighted by Gasteiger charge is -2.18. The lowest BCUT2D eigenvalue weighted by molar-refractivity contribution is 0.0686. The molecule has 0 radical (unpaired) electrons. The van der Waals surface area contributed by atoms with Crippen molar-refractivity contribution in [1.29, 1.82) is 0 Å². The van der Waals surface area contributed by atoms with E-state index in [1.807, 2.05) is 104 Å². The number of sulfonamides is 2. The van der Waals surface area contributed by atoms with Gasteiger partial charge >= 0.3 is 11.9 Å². The number of nitrogens with one attached hydrogen (secondary N) is 2. The van der Waals surface area contributed by atoms with Gasteiger partial charge in [0, 0.05) is 30.6 Å². The number of aromatic carboxylic acids is 2. The molecule has 330 valence electrons. The SMILES string of the molecule is CN(C)c1cccc2c(S(=O)(=O)Nc3ccccc3CCc3cccc(C(=O)O)c3)cccc12.O=C(O)c1cccc(CCc2ccccc2NS(=O)(=O)c2ccc3ccccc3c2)c1. The molecule has 0 atom stereocenters. The maximum absolute atomic E-state index is 13.5. The van der Waals surface area contributed by atoms with E-state index in [-0.39, 0.29) is 20.9 Å². The second-order valence-corrected chi connectivity index (χ2v) is 18.9. The van der Waals surface area contributed by atoms with E-state index in [9.17, 15) is 31.5 Å². The maximum atomic E-state index is 13.5. The summed E-state index contributed by atoms with van der Waals surface area (Å²) in [5.41, 5.74) is 5.88. The molecule has 0 saturated heterocycles. The fourth-order valence-corrected chi connectivity index (χ4v) is 10.0. The summed E-state index contributed by atoms with van der Waals surface area (Å²) < 4.78 is 58.4. The highest BCUT2D eigenvalue weighted by atomic mass is 32.2. The largest absolute Gasteiger partial charge is 0.478 e. The minimum Gasteiger partial charge on any atom is -0.478 e. The van der Waals surface area contributed by atoms with E-state index in [1.54, 1.807) is 91.0 Å². The van der Waals surface area contributed by atoms with Gasteiger partial charge in [0.15, 0.2) is 0 Å². The van der Waals surface area contributed by atoms with Gasteiger partial charge in [0.25, 0.3) is 20.0 Å². The first-order valence-corrected chi connectivity index (χ1v) is 23.7. The predicted octanol–water partition coefficient (Wildman–Crippen LogP) is 10.3. The molecule has 0 amide bonds. The molecule has 0 bridgehead atoms. The summed E-state index contributed by atoms with van der Waals surface area (Å²) >= 11 is 0. The summed E-state index contributed by atoms with van der Waals surface area (Å²) in [6.45, 7) is 0. The maximum Gasteiger partial charge on any atom is 0.335 e. The molecule has 4 N–H and O–H groups in total. The second-order valence-electron chi connectivity index (χ2n) is 15.6. The molecular formula is C52H47N3O8S2. The molecule has 0 spiro atoms. The van der Waals surface area contributed by atoms with Gasteiger partial charge in [0.2, 0.25) is 0 Å². The third-order valence-electron chi connectivity index (χ3n) is 10.9. The first kappa shape index (κ1) is 45.5. The van der Waals surface area contributed by atoms with Gasteiger partial charge in [0.1, 0.15) is 0 Å². The van der Waals surface area contributed by atoms with Crippen LogP contribution in [0.15, 0.2) is 186 Å². The van der Waals surface area contributed by atoms with Crippen LogP contribution in [0.5, 0.6) is 0 Å². The van der Waals surface area contributed by atoms with Crippen molar-refractivity contribution in [3.63, 3.8) is 0 Å². The highest BCUT2D eigenvalue weighted by Crippen LogP contribution is 2.32. The molecule has 8 aromatic rings. The van der Waals surface area contributed by atoms with Gasteiger partial charge in [-0.3, -0.25) is 9.44 Å². The van der Waals surface area contributed by atoms with Gasteiger partial charge in [-0.05, 0) is 119 Å². The predicted molar refractivity (Wildman–Crippen MR) is 258 cm³/mol. The summed E-state index contributed by atoms with van der Waals surface area (Å²) in [4.78, 5) is 24.8. The molecule has 0 heterocycles. The second kappa shape index (κ2) is 19.9. The lowest BCUT2D eigenvalue weighted by Crippen LogP contribution is -2.15. The standard InChI is InChI=1S/C27H26N2O4S.C25H21NO4S/c1-29(2)25-14-6-12-23-22(25)11-7-15-26(23)34(32,33)28-24-13-4-3-9-20(24)17-16-19-8-5-10-21(18-19)27(30)31;27-25(28)22-10-5-6-18(16-22)12-13-20-8-3-4-11-24(20)26-31(29,30)23-15-14-19-7-1-2-9-21(19)17-23/h3-15,18,28H,16-17H2,1-2H3,(H,30,31);1-11,14-17,26H,12-13H2,(H,27,28). The third kappa shape index (κ3) is 11.2. The fraction of sp³-hybridized carbons (Fsp3) is 0.115. The van der Waals surface area contributed by atoms with Gasteiger partial charge in [-0.15, -0.1) is 0 Å². The van der Waals surface area contributed by atoms with Crippen molar-refractivity contribution in [1.82, 2.24) is 0 Å². The van der Waals surface area contributed by atoms with Crippen LogP contribution in [-0.4, -0.2) is 53.1 Å². The number of hydrogen-bond donors (Lipinski definition) is 4. The van der Waals surface area contributed by atoms with Crippen molar-refractivity contribution < 1.29 is 36.6 Å². The van der Waals surface area contributed by atoms with Gasteiger partial charge in [-0.1, -0.05) is 115 Å². The number of hydrogen-bond acceptors (Lipinski definition) is 7. The minimum atomic E-state index is -3.85. The van der Waals surface area contributed by atoms with E-state index in [0.29, 0.717) is 42.4 Å². The Balaban J connectivity index is 0.000000195. The molecule has 0 fully saturated rings. The Kier molecular flexibility index (Phi) is 14.0. The summed E-state index contributed by atoms with van der Waals surface area (Å²) in [6, 6.07) is 51.7. The zero-order valence-corrected chi connectivity index (χ0v) is 37.3. The first-order chi connectivity index (χ1) is 31.2. The lowest BCUT2D eigenvalue weighted by atomic mass is 10.0. The normalized spacial score (nSPS) is 11.4. The number of para-hydroxylation sites is 2. The highest BCUT2D eigenvalue weighted by molar-refractivity contribution is 7.93. The Bertz CT molecular complexity index is 3260. The Hall–Kier alpha value is -7.48. The average Bonchev–Trinajstić information content (AvgIpc) is 3.30. The molecular weight excluding hydrogens is 859 g/mol. The van der Waals surface area contributed by atoms with Gasteiger partial charge < -0.3 is 15.1 Å². The zero-order chi connectivity index (χ0) is 46.1. The van der Waals surface area contributed by atoms with Gasteiger partial charge in [-0.2, -0.15) is 0 Å². The monoisotopic (exact) mass is 905 g/mol. The number of carbonyl (C=O) groups is 2. The molecule has 8 aromatic carbocycles. The Morgan fingerprint density at radius 3 is 1.54 bits per heavy atom. The van der Waals surface area contributed by atoms with Crippen molar-refractivity contribution in [2.75, 3.05) is 28.4 Å². The number of nitrogens with zero attached hydrogens (tertiary/aromatic N) is 1. The van der Waals surface area contributed by atoms with Crippen LogP contribution in [0, 0.1) is 0 Å². The quantitative estimate of drug-likeness (QED) is 0.0782. The van der Waals surface area contributed by atoms with Crippen molar-refractivity contribution in [2.24, 2.45) is 0 Å². The number of aryl methyl sites for hydroxylation is 4. The average molecular weight is 906 g/mol. The van der Waals surface area contributed by atoms with Crippen molar-refractivity contribution in [3.8, 4) is 0 Å². The molecule has 0 saturated carbocycles. The molecule has 0 unspecified atom stereocenters. The summed E-state index contributed by atoms with van der Waals surface area (Å²) in [5.74, 6) is -1.94. The van der Waals surface area contributed by atoms with E-state index >= 15 is 0 Å². The fourth-order valence-electron chi connectivity index (χ4n) is 7.58. The third-order valence-corrected chi connectivity index (χ3v) is 13.7. The molecule has 65 heavy (non-hydrogen) atoms. The van der Waals surface area contributed by atoms with Crippen molar-refractivity contribution in [2.45, 2.75) is 35.5 Å². The zero-order valence-electron chi connectivity index (χ0n) is 35.7. The van der Waals surface area contributed by atoms with Crippen LogP contribution in [0.3, 0.4) is 0 Å². The summed E-state index contributed by atoms with van der Waals surface area (Å²) in [5, 5.41) is 21.7. The van der Waals surface area contributed by atoms with Crippen LogP contribution in [0.25, 0.3) is 21.5 Å². The Morgan fingerprint density at radius 2 is 0.969 bits per heavy atom.